The second kappa shape index (κ2) is 17.6. The molecule has 2 heterocycles. The third-order valence-corrected chi connectivity index (χ3v) is 16.1. The van der Waals surface area contributed by atoms with E-state index in [1.807, 2.05) is 6.92 Å². The summed E-state index contributed by atoms with van der Waals surface area (Å²) in [5, 5.41) is 19.7. The fourth-order valence-corrected chi connectivity index (χ4v) is 13.7. The first-order chi connectivity index (χ1) is 27.1. The summed E-state index contributed by atoms with van der Waals surface area (Å²) >= 11 is 0. The van der Waals surface area contributed by atoms with Crippen LogP contribution in [-0.4, -0.2) is 58.2 Å². The SMILES string of the molecule is CCC/C=C/C(CCC(CCCCCCCCC(=O)O)OC1[C@@H](C(C)C)C2CC3C4(C)CCCC(C)(C(=O)O)C4CCC13C1C(=O)OC(=O)C21)C1CC(=O)OC1=O. The fourth-order valence-electron chi connectivity index (χ4n) is 13.7. The molecule has 11 heteroatoms. The molecule has 57 heavy (non-hydrogen) atoms. The number of carbonyl (C=O) groups excluding carboxylic acids is 4. The van der Waals surface area contributed by atoms with E-state index < -0.39 is 64.4 Å². The Kier molecular flexibility index (Phi) is 13.5. The molecule has 0 aromatic heterocycles. The van der Waals surface area contributed by atoms with Gasteiger partial charge in [0, 0.05) is 11.8 Å². The molecule has 2 saturated heterocycles. The summed E-state index contributed by atoms with van der Waals surface area (Å²) in [4.78, 5) is 76.8. The molecule has 0 amide bonds. The Morgan fingerprint density at radius 1 is 0.877 bits per heavy atom. The number of unbranched alkanes of at least 4 members (excludes halogenated alkanes) is 6. The first-order valence-corrected chi connectivity index (χ1v) is 22.4. The zero-order valence-corrected chi connectivity index (χ0v) is 35.0. The average Bonchev–Trinajstić information content (AvgIpc) is 3.66. The minimum absolute atomic E-state index is 0.00467. The van der Waals surface area contributed by atoms with Gasteiger partial charge >= 0.3 is 35.8 Å². The summed E-state index contributed by atoms with van der Waals surface area (Å²) in [6.45, 7) is 10.7. The number of rotatable bonds is 20. The first kappa shape index (κ1) is 43.5. The second-order valence-electron chi connectivity index (χ2n) is 19.6. The van der Waals surface area contributed by atoms with E-state index >= 15 is 0 Å². The quantitative estimate of drug-likeness (QED) is 0.0523. The summed E-state index contributed by atoms with van der Waals surface area (Å²) in [5.41, 5.74) is -1.92. The third-order valence-electron chi connectivity index (χ3n) is 16.1. The van der Waals surface area contributed by atoms with Gasteiger partial charge in [0.15, 0.2) is 0 Å². The van der Waals surface area contributed by atoms with Crippen LogP contribution in [0.5, 0.6) is 0 Å². The van der Waals surface area contributed by atoms with Crippen molar-refractivity contribution in [2.75, 3.05) is 0 Å². The zero-order chi connectivity index (χ0) is 41.3. The number of allylic oxidation sites excluding steroid dienone is 2. The predicted octanol–water partition coefficient (Wildman–Crippen LogP) is 8.70. The van der Waals surface area contributed by atoms with Crippen LogP contribution in [0.25, 0.3) is 0 Å². The molecule has 7 rings (SSSR count). The van der Waals surface area contributed by atoms with Gasteiger partial charge in [0.05, 0.1) is 41.8 Å². The molecule has 5 saturated carbocycles. The van der Waals surface area contributed by atoms with Gasteiger partial charge in [-0.25, -0.2) is 0 Å². The Labute approximate surface area is 338 Å². The van der Waals surface area contributed by atoms with E-state index in [1.54, 1.807) is 0 Å². The Morgan fingerprint density at radius 2 is 1.60 bits per heavy atom. The highest BCUT2D eigenvalue weighted by Crippen LogP contribution is 2.76. The molecule has 11 nitrogen and oxygen atoms in total. The van der Waals surface area contributed by atoms with Crippen molar-refractivity contribution in [3.05, 3.63) is 12.2 Å². The molecule has 1 spiro atoms. The number of carboxylic acids is 2. The van der Waals surface area contributed by atoms with Crippen LogP contribution in [0, 0.1) is 69.5 Å². The van der Waals surface area contributed by atoms with Gasteiger partial charge < -0.3 is 24.4 Å². The van der Waals surface area contributed by atoms with Crippen molar-refractivity contribution in [3.8, 4) is 0 Å². The van der Waals surface area contributed by atoms with E-state index in [4.69, 9.17) is 19.3 Å². The molecule has 0 aromatic rings. The molecule has 7 aliphatic rings. The molecule has 318 valence electrons. The van der Waals surface area contributed by atoms with Crippen molar-refractivity contribution in [1.82, 2.24) is 0 Å². The Morgan fingerprint density at radius 3 is 2.25 bits per heavy atom. The lowest BCUT2D eigenvalue weighted by Gasteiger charge is -2.72. The highest BCUT2D eigenvalue weighted by Gasteiger charge is 2.78. The summed E-state index contributed by atoms with van der Waals surface area (Å²) in [7, 11) is 0. The minimum Gasteiger partial charge on any atom is -0.481 e. The monoisotopic (exact) mass is 796 g/mol. The molecular formula is C46H68O11. The van der Waals surface area contributed by atoms with Crippen LogP contribution in [0.4, 0.5) is 0 Å². The lowest BCUT2D eigenvalue weighted by molar-refractivity contribution is -0.296. The number of carbonyl (C=O) groups is 6. The van der Waals surface area contributed by atoms with Crippen LogP contribution in [0.15, 0.2) is 12.2 Å². The fraction of sp³-hybridized carbons (Fsp3) is 0.826. The van der Waals surface area contributed by atoms with Crippen molar-refractivity contribution in [3.63, 3.8) is 0 Å². The van der Waals surface area contributed by atoms with Crippen molar-refractivity contribution in [2.45, 2.75) is 169 Å². The van der Waals surface area contributed by atoms with Gasteiger partial charge in [-0.15, -0.1) is 0 Å². The van der Waals surface area contributed by atoms with Gasteiger partial charge in [0.25, 0.3) is 0 Å². The molecule has 7 fully saturated rings. The van der Waals surface area contributed by atoms with Crippen LogP contribution in [0.2, 0.25) is 0 Å². The van der Waals surface area contributed by atoms with Gasteiger partial charge in [-0.05, 0) is 112 Å². The lowest BCUT2D eigenvalue weighted by Crippen LogP contribution is -2.73. The number of aliphatic carboxylic acids is 2. The molecule has 0 radical (unpaired) electrons. The number of carboxylic acid groups (broad SMARTS) is 2. The number of cyclic esters (lactones) is 4. The number of ether oxygens (including phenoxy) is 3. The van der Waals surface area contributed by atoms with E-state index in [-0.39, 0.29) is 66.0 Å². The average molecular weight is 797 g/mol. The second-order valence-corrected chi connectivity index (χ2v) is 19.6. The van der Waals surface area contributed by atoms with Gasteiger partial charge in [-0.3, -0.25) is 28.8 Å². The molecule has 12 unspecified atom stereocenters. The van der Waals surface area contributed by atoms with Gasteiger partial charge in [0.1, 0.15) is 0 Å². The number of hydrogen-bond donors (Lipinski definition) is 2. The van der Waals surface area contributed by atoms with E-state index in [9.17, 15) is 33.9 Å². The molecule has 2 bridgehead atoms. The normalized spacial score (nSPS) is 38.1. The Bertz CT molecular complexity index is 1570. The van der Waals surface area contributed by atoms with Gasteiger partial charge in [-0.2, -0.15) is 0 Å². The van der Waals surface area contributed by atoms with Crippen molar-refractivity contribution < 1.29 is 53.2 Å². The largest absolute Gasteiger partial charge is 0.481 e. The molecule has 13 atom stereocenters. The summed E-state index contributed by atoms with van der Waals surface area (Å²) < 4.78 is 18.2. The topological polar surface area (TPSA) is 171 Å². The molecule has 2 aliphatic heterocycles. The van der Waals surface area contributed by atoms with Crippen molar-refractivity contribution in [1.29, 1.82) is 0 Å². The Hall–Kier alpha value is -3.08. The maximum Gasteiger partial charge on any atom is 0.318 e. The van der Waals surface area contributed by atoms with Gasteiger partial charge in [0.2, 0.25) is 0 Å². The van der Waals surface area contributed by atoms with Gasteiger partial charge in [-0.1, -0.05) is 84.8 Å². The predicted molar refractivity (Wildman–Crippen MR) is 210 cm³/mol. The number of hydrogen-bond acceptors (Lipinski definition) is 9. The number of esters is 4. The van der Waals surface area contributed by atoms with Crippen LogP contribution >= 0.6 is 0 Å². The van der Waals surface area contributed by atoms with Crippen LogP contribution < -0.4 is 0 Å². The molecule has 0 aromatic carbocycles. The molecular weight excluding hydrogens is 728 g/mol. The molecule has 2 N–H and O–H groups in total. The van der Waals surface area contributed by atoms with E-state index in [1.165, 1.54) is 0 Å². The van der Waals surface area contributed by atoms with E-state index in [0.29, 0.717) is 38.5 Å². The summed E-state index contributed by atoms with van der Waals surface area (Å²) in [6.07, 6.45) is 17.3. The number of fused-ring (bicyclic) bond motifs is 2. The summed E-state index contributed by atoms with van der Waals surface area (Å²) in [5.74, 6) is -5.28. The lowest BCUT2D eigenvalue weighted by atomic mass is 9.31. The maximum atomic E-state index is 14.1. The highest BCUT2D eigenvalue weighted by molar-refractivity contribution is 5.98. The zero-order valence-electron chi connectivity index (χ0n) is 35.0. The smallest absolute Gasteiger partial charge is 0.318 e. The van der Waals surface area contributed by atoms with Crippen LogP contribution in [-0.2, 0) is 43.0 Å². The van der Waals surface area contributed by atoms with E-state index in [0.717, 1.165) is 70.6 Å². The van der Waals surface area contributed by atoms with Crippen molar-refractivity contribution in [2.24, 2.45) is 69.5 Å². The minimum atomic E-state index is -0.871. The van der Waals surface area contributed by atoms with Crippen LogP contribution in [0.3, 0.4) is 0 Å². The van der Waals surface area contributed by atoms with E-state index in [2.05, 4.69) is 39.8 Å². The third kappa shape index (κ3) is 8.13. The van der Waals surface area contributed by atoms with Crippen LogP contribution in [0.1, 0.15) is 157 Å². The summed E-state index contributed by atoms with van der Waals surface area (Å²) in [6, 6.07) is 0. The maximum absolute atomic E-state index is 14.1. The first-order valence-electron chi connectivity index (χ1n) is 22.4. The highest BCUT2D eigenvalue weighted by atomic mass is 16.6. The Balaban J connectivity index is 1.33. The standard InChI is InChI=1S/C46H68O11/c1-6-7-12-16-28(30-26-35(49)56-40(30)50)19-20-29(17-13-10-8-9-11-14-18-34(47)48)55-39-36(27(2)3)31-25-33-44(4)22-15-23-45(5,43(53)54)32(44)21-24-46(33,39)38-37(31)41(51)57-42(38)52/h12,16,27-33,36-39H,6-11,13-15,17-26H2,1-5H3,(H,47,48)(H,53,54)/b16-12+/t28?,29?,30?,31?,32?,33?,36-,37?,38?,39?,44?,45?,46?/m0/s1. The molecule has 5 aliphatic carbocycles. The van der Waals surface area contributed by atoms with Crippen molar-refractivity contribution >= 4 is 35.8 Å².